The van der Waals surface area contributed by atoms with Gasteiger partial charge in [-0.1, -0.05) is 0 Å². The molecule has 1 N–H and O–H groups in total. The number of ether oxygens (including phenoxy) is 2. The van der Waals surface area contributed by atoms with Crippen LogP contribution in [0.15, 0.2) is 16.3 Å². The monoisotopic (exact) mass is 321 g/mol. The predicted molar refractivity (Wildman–Crippen MR) is 72.1 cm³/mol. The van der Waals surface area contributed by atoms with Gasteiger partial charge in [-0.3, -0.25) is 4.79 Å². The third kappa shape index (κ3) is 3.78. The number of esters is 2. The van der Waals surface area contributed by atoms with Crippen molar-refractivity contribution < 1.29 is 27.5 Å². The SMILES string of the molecule is CCOC(=O)C(C)NS(=O)(=O)c1ccsc1C(=O)OC. The van der Waals surface area contributed by atoms with E-state index in [0.29, 0.717) is 0 Å². The number of sulfonamides is 1. The number of methoxy groups -OCH3 is 1. The number of thiophene rings is 1. The number of hydrogen-bond acceptors (Lipinski definition) is 7. The summed E-state index contributed by atoms with van der Waals surface area (Å²) in [4.78, 5) is 22.6. The first-order valence-corrected chi connectivity index (χ1v) is 8.04. The Balaban J connectivity index is 2.98. The number of rotatable bonds is 6. The van der Waals surface area contributed by atoms with Crippen LogP contribution in [-0.4, -0.2) is 40.1 Å². The van der Waals surface area contributed by atoms with E-state index in [2.05, 4.69) is 9.46 Å². The van der Waals surface area contributed by atoms with Gasteiger partial charge in [-0.05, 0) is 25.3 Å². The highest BCUT2D eigenvalue weighted by Gasteiger charge is 2.28. The maximum atomic E-state index is 12.1. The molecule has 0 aliphatic carbocycles. The lowest BCUT2D eigenvalue weighted by Crippen LogP contribution is -2.39. The van der Waals surface area contributed by atoms with E-state index in [-0.39, 0.29) is 16.4 Å². The van der Waals surface area contributed by atoms with E-state index in [1.54, 1.807) is 6.92 Å². The molecule has 0 fully saturated rings. The average molecular weight is 321 g/mol. The van der Waals surface area contributed by atoms with Crippen LogP contribution in [0.3, 0.4) is 0 Å². The standard InChI is InChI=1S/C11H15NO6S2/c1-4-18-10(13)7(2)12-20(15,16)8-5-6-19-9(8)11(14)17-3/h5-7,12H,4H2,1-3H3. The Hall–Kier alpha value is -1.45. The Bertz CT molecular complexity index is 592. The molecule has 0 bridgehead atoms. The van der Waals surface area contributed by atoms with Crippen LogP contribution in [-0.2, 0) is 24.3 Å². The van der Waals surface area contributed by atoms with Crippen molar-refractivity contribution >= 4 is 33.3 Å². The van der Waals surface area contributed by atoms with Crippen LogP contribution in [0, 0.1) is 0 Å². The van der Waals surface area contributed by atoms with Gasteiger partial charge < -0.3 is 9.47 Å². The summed E-state index contributed by atoms with van der Waals surface area (Å²) in [5.41, 5.74) is 0. The van der Waals surface area contributed by atoms with Crippen LogP contribution in [0.4, 0.5) is 0 Å². The van der Waals surface area contributed by atoms with Gasteiger partial charge in [-0.25, -0.2) is 13.2 Å². The Morgan fingerprint density at radius 1 is 1.45 bits per heavy atom. The topological polar surface area (TPSA) is 98.8 Å². The maximum Gasteiger partial charge on any atom is 0.349 e. The van der Waals surface area contributed by atoms with Crippen LogP contribution in [0.2, 0.25) is 0 Å². The van der Waals surface area contributed by atoms with Gasteiger partial charge in [0.05, 0.1) is 13.7 Å². The lowest BCUT2D eigenvalue weighted by Gasteiger charge is -2.13. The molecular formula is C11H15NO6S2. The largest absolute Gasteiger partial charge is 0.465 e. The fraction of sp³-hybridized carbons (Fsp3) is 0.455. The van der Waals surface area contributed by atoms with Gasteiger partial charge in [0.25, 0.3) is 0 Å². The molecule has 1 rings (SSSR count). The first-order valence-electron chi connectivity index (χ1n) is 5.68. The second kappa shape index (κ2) is 6.82. The average Bonchev–Trinajstić information content (AvgIpc) is 2.87. The summed E-state index contributed by atoms with van der Waals surface area (Å²) in [6, 6.07) is 0.224. The fourth-order valence-corrected chi connectivity index (χ4v) is 3.89. The zero-order valence-electron chi connectivity index (χ0n) is 11.2. The van der Waals surface area contributed by atoms with Crippen molar-refractivity contribution in [2.24, 2.45) is 0 Å². The van der Waals surface area contributed by atoms with E-state index in [0.717, 1.165) is 18.4 Å². The van der Waals surface area contributed by atoms with Crippen molar-refractivity contribution in [3.8, 4) is 0 Å². The van der Waals surface area contributed by atoms with Crippen molar-refractivity contribution in [2.45, 2.75) is 24.8 Å². The van der Waals surface area contributed by atoms with Crippen molar-refractivity contribution in [1.82, 2.24) is 4.72 Å². The van der Waals surface area contributed by atoms with Crippen LogP contribution in [0.25, 0.3) is 0 Å². The zero-order chi connectivity index (χ0) is 15.3. The van der Waals surface area contributed by atoms with Gasteiger partial charge in [-0.2, -0.15) is 4.72 Å². The van der Waals surface area contributed by atoms with Crippen molar-refractivity contribution in [3.05, 3.63) is 16.3 Å². The Labute approximate surface area is 120 Å². The molecule has 20 heavy (non-hydrogen) atoms. The van der Waals surface area contributed by atoms with Gasteiger partial charge in [0.15, 0.2) is 0 Å². The molecule has 1 atom stereocenters. The molecule has 0 aliphatic rings. The number of nitrogens with one attached hydrogen (secondary N) is 1. The molecule has 0 aromatic carbocycles. The Morgan fingerprint density at radius 3 is 2.65 bits per heavy atom. The molecule has 1 aromatic rings. The highest BCUT2D eigenvalue weighted by atomic mass is 32.2. The summed E-state index contributed by atoms with van der Waals surface area (Å²) in [5, 5.41) is 1.45. The maximum absolute atomic E-state index is 12.1. The second-order valence-corrected chi connectivity index (χ2v) is 6.30. The zero-order valence-corrected chi connectivity index (χ0v) is 12.8. The summed E-state index contributed by atoms with van der Waals surface area (Å²) in [6.45, 7) is 3.13. The summed E-state index contributed by atoms with van der Waals surface area (Å²) < 4.78 is 35.6. The van der Waals surface area contributed by atoms with Crippen molar-refractivity contribution in [1.29, 1.82) is 0 Å². The Kier molecular flexibility index (Phi) is 5.66. The summed E-state index contributed by atoms with van der Waals surface area (Å²) >= 11 is 0.945. The third-order valence-corrected chi connectivity index (χ3v) is 4.87. The predicted octanol–water partition coefficient (Wildman–Crippen LogP) is 0.765. The van der Waals surface area contributed by atoms with Gasteiger partial charge in [0, 0.05) is 0 Å². The molecule has 1 aromatic heterocycles. The van der Waals surface area contributed by atoms with Crippen molar-refractivity contribution in [2.75, 3.05) is 13.7 Å². The fourth-order valence-electron chi connectivity index (χ4n) is 1.36. The molecule has 112 valence electrons. The van der Waals surface area contributed by atoms with Crippen LogP contribution < -0.4 is 4.72 Å². The van der Waals surface area contributed by atoms with Gasteiger partial charge in [0.1, 0.15) is 15.8 Å². The Morgan fingerprint density at radius 2 is 2.10 bits per heavy atom. The van der Waals surface area contributed by atoms with Crippen LogP contribution >= 0.6 is 11.3 Å². The van der Waals surface area contributed by atoms with E-state index >= 15 is 0 Å². The smallest absolute Gasteiger partial charge is 0.349 e. The molecular weight excluding hydrogens is 306 g/mol. The first kappa shape index (κ1) is 16.6. The molecule has 0 radical (unpaired) electrons. The molecule has 1 heterocycles. The highest BCUT2D eigenvalue weighted by Crippen LogP contribution is 2.22. The quantitative estimate of drug-likeness (QED) is 0.777. The van der Waals surface area contributed by atoms with E-state index in [1.165, 1.54) is 18.4 Å². The molecule has 0 spiro atoms. The second-order valence-electron chi connectivity index (χ2n) is 3.70. The van der Waals surface area contributed by atoms with Crippen LogP contribution in [0.5, 0.6) is 0 Å². The van der Waals surface area contributed by atoms with Gasteiger partial charge in [-0.15, -0.1) is 11.3 Å². The normalized spacial score (nSPS) is 12.8. The lowest BCUT2D eigenvalue weighted by molar-refractivity contribution is -0.144. The molecule has 1 unspecified atom stereocenters. The highest BCUT2D eigenvalue weighted by molar-refractivity contribution is 7.89. The molecule has 0 saturated heterocycles. The van der Waals surface area contributed by atoms with E-state index in [4.69, 9.17) is 4.74 Å². The van der Waals surface area contributed by atoms with E-state index in [9.17, 15) is 18.0 Å². The van der Waals surface area contributed by atoms with E-state index in [1.807, 2.05) is 0 Å². The minimum atomic E-state index is -4.01. The lowest BCUT2D eigenvalue weighted by atomic mass is 10.4. The summed E-state index contributed by atoms with van der Waals surface area (Å²) in [5.74, 6) is -1.44. The molecule has 9 heteroatoms. The minimum Gasteiger partial charge on any atom is -0.465 e. The number of carbonyl (C=O) groups is 2. The minimum absolute atomic E-state index is 0.0453. The number of carbonyl (C=O) groups excluding carboxylic acids is 2. The summed E-state index contributed by atoms with van der Waals surface area (Å²) in [6.07, 6.45) is 0. The molecule has 0 amide bonds. The molecule has 0 saturated carbocycles. The summed E-state index contributed by atoms with van der Waals surface area (Å²) in [7, 11) is -2.85. The van der Waals surface area contributed by atoms with Gasteiger partial charge in [0.2, 0.25) is 10.0 Å². The third-order valence-electron chi connectivity index (χ3n) is 2.26. The van der Waals surface area contributed by atoms with Crippen LogP contribution in [0.1, 0.15) is 23.5 Å². The number of hydrogen-bond donors (Lipinski definition) is 1. The molecule has 0 aliphatic heterocycles. The van der Waals surface area contributed by atoms with E-state index < -0.39 is 28.0 Å². The molecule has 7 nitrogen and oxygen atoms in total. The van der Waals surface area contributed by atoms with Gasteiger partial charge >= 0.3 is 11.9 Å². The first-order chi connectivity index (χ1) is 9.33. The van der Waals surface area contributed by atoms with Crippen molar-refractivity contribution in [3.63, 3.8) is 0 Å².